The van der Waals surface area contributed by atoms with Crippen LogP contribution in [0.3, 0.4) is 0 Å². The molecule has 0 N–H and O–H groups in total. The smallest absolute Gasteiger partial charge is 0.145 e. The molecule has 13 aromatic rings. The fourth-order valence-electron chi connectivity index (χ4n) is 9.42. The number of hydrogen-bond acceptors (Lipinski definition) is 3. The first kappa shape index (κ1) is 33.3. The second kappa shape index (κ2) is 12.9. The van der Waals surface area contributed by atoms with Crippen LogP contribution in [-0.2, 0) is 0 Å². The second-order valence-corrected chi connectivity index (χ2v) is 16.6. The largest absolute Gasteiger partial charge is 0.456 e. The second-order valence-electron chi connectivity index (χ2n) is 15.5. The lowest BCUT2D eigenvalue weighted by Crippen LogP contribution is -1.97. The number of furan rings is 1. The summed E-state index contributed by atoms with van der Waals surface area (Å²) in [5, 5.41) is 7.34. The summed E-state index contributed by atoms with van der Waals surface area (Å²) in [5.41, 5.74) is 14.2. The molecular weight excluding hydrogens is 751 g/mol. The summed E-state index contributed by atoms with van der Waals surface area (Å²) in [6.07, 6.45) is 0. The van der Waals surface area contributed by atoms with Gasteiger partial charge in [-0.2, -0.15) is 0 Å². The molecule has 0 bridgehead atoms. The zero-order chi connectivity index (χ0) is 39.3. The van der Waals surface area contributed by atoms with Crippen molar-refractivity contribution in [2.24, 2.45) is 0 Å². The van der Waals surface area contributed by atoms with Crippen LogP contribution >= 0.6 is 11.3 Å². The maximum absolute atomic E-state index is 6.53. The molecule has 0 unspecified atom stereocenters. The van der Waals surface area contributed by atoms with Gasteiger partial charge in [-0.1, -0.05) is 121 Å². The van der Waals surface area contributed by atoms with Gasteiger partial charge in [0.1, 0.15) is 17.0 Å². The Kier molecular flexibility index (Phi) is 7.14. The van der Waals surface area contributed by atoms with Gasteiger partial charge in [-0.25, -0.2) is 4.98 Å². The quantitative estimate of drug-likeness (QED) is 0.174. The number of para-hydroxylation sites is 5. The van der Waals surface area contributed by atoms with E-state index in [4.69, 9.17) is 9.40 Å². The minimum Gasteiger partial charge on any atom is -0.456 e. The van der Waals surface area contributed by atoms with E-state index < -0.39 is 0 Å². The van der Waals surface area contributed by atoms with E-state index in [0.29, 0.717) is 0 Å². The molecule has 0 saturated heterocycles. The molecular formula is C55H33N3OS. The van der Waals surface area contributed by atoms with Gasteiger partial charge < -0.3 is 8.98 Å². The van der Waals surface area contributed by atoms with Crippen LogP contribution in [-0.4, -0.2) is 14.1 Å². The Bertz CT molecular complexity index is 3790. The van der Waals surface area contributed by atoms with Gasteiger partial charge in [0.2, 0.25) is 0 Å². The molecule has 280 valence electrons. The first-order valence-electron chi connectivity index (χ1n) is 20.3. The average Bonchev–Trinajstić information content (AvgIpc) is 4.07. The van der Waals surface area contributed by atoms with Crippen molar-refractivity contribution < 1.29 is 4.42 Å². The Hall–Kier alpha value is -7.73. The first-order chi connectivity index (χ1) is 29.7. The van der Waals surface area contributed by atoms with Crippen molar-refractivity contribution in [2.75, 3.05) is 0 Å². The predicted molar refractivity (Wildman–Crippen MR) is 252 cm³/mol. The van der Waals surface area contributed by atoms with Gasteiger partial charge in [0.05, 0.1) is 22.1 Å². The number of imidazole rings is 1. The molecule has 0 atom stereocenters. The number of thiophene rings is 1. The third-order valence-electron chi connectivity index (χ3n) is 12.1. The number of fused-ring (bicyclic) bond motifs is 10. The third-order valence-corrected chi connectivity index (χ3v) is 13.2. The Morgan fingerprint density at radius 2 is 1.05 bits per heavy atom. The van der Waals surface area contributed by atoms with Crippen molar-refractivity contribution in [3.63, 3.8) is 0 Å². The highest BCUT2D eigenvalue weighted by Gasteiger charge is 2.19. The Balaban J connectivity index is 0.913. The summed E-state index contributed by atoms with van der Waals surface area (Å²) in [5.74, 6) is 0.912. The fraction of sp³-hybridized carbons (Fsp3) is 0. The highest BCUT2D eigenvalue weighted by molar-refractivity contribution is 7.25. The van der Waals surface area contributed by atoms with Crippen LogP contribution < -0.4 is 0 Å². The minimum absolute atomic E-state index is 0.876. The molecule has 4 heterocycles. The van der Waals surface area contributed by atoms with E-state index in [1.807, 2.05) is 17.4 Å². The van der Waals surface area contributed by atoms with Gasteiger partial charge in [-0.05, 0) is 101 Å². The lowest BCUT2D eigenvalue weighted by atomic mass is 9.96. The monoisotopic (exact) mass is 783 g/mol. The highest BCUT2D eigenvalue weighted by atomic mass is 32.1. The number of benzene rings is 9. The third kappa shape index (κ3) is 5.00. The Labute approximate surface area is 348 Å². The van der Waals surface area contributed by atoms with E-state index in [2.05, 4.69) is 203 Å². The average molecular weight is 784 g/mol. The number of rotatable bonds is 5. The van der Waals surface area contributed by atoms with Crippen molar-refractivity contribution in [2.45, 2.75) is 0 Å². The lowest BCUT2D eigenvalue weighted by molar-refractivity contribution is 0.669. The SMILES string of the molecule is c1ccc(-n2c(-c3cccc(-c4cccc5oc6ccc(-c7ccc8c(c7)sc7cc(-n9c%10ccccc%10c%10ccccc%109)ccc78)cc6c45)c3)nc3ccccc32)cc1. The van der Waals surface area contributed by atoms with E-state index in [1.54, 1.807) is 0 Å². The summed E-state index contributed by atoms with van der Waals surface area (Å²) < 4.78 is 13.7. The molecule has 0 fully saturated rings. The summed E-state index contributed by atoms with van der Waals surface area (Å²) in [4.78, 5) is 5.16. The maximum Gasteiger partial charge on any atom is 0.145 e. The van der Waals surface area contributed by atoms with Crippen molar-refractivity contribution >= 4 is 86.3 Å². The molecule has 0 aliphatic carbocycles. The topological polar surface area (TPSA) is 35.9 Å². The van der Waals surface area contributed by atoms with E-state index in [1.165, 1.54) is 53.2 Å². The van der Waals surface area contributed by atoms with Crippen LogP contribution in [0.2, 0.25) is 0 Å². The van der Waals surface area contributed by atoms with Crippen LogP contribution in [0.4, 0.5) is 0 Å². The highest BCUT2D eigenvalue weighted by Crippen LogP contribution is 2.42. The van der Waals surface area contributed by atoms with Crippen molar-refractivity contribution in [3.05, 3.63) is 200 Å². The predicted octanol–water partition coefficient (Wildman–Crippen LogP) is 15.4. The molecule has 4 aromatic heterocycles. The molecule has 0 spiro atoms. The van der Waals surface area contributed by atoms with Crippen LogP contribution in [0.15, 0.2) is 205 Å². The standard InChI is InChI=1S/C55H33N3OS/c1-2-14-38(15-3-1)58-49-22-9-6-19-46(49)56-55(58)37-13-10-12-36(30-37)40-18-11-23-51-54(40)45-31-34(25-29-50(45)59-51)35-24-27-43-44-28-26-39(33-53(44)60-52(43)32-35)57-47-20-7-4-16-41(47)42-17-5-8-21-48(42)57/h1-33H. The van der Waals surface area contributed by atoms with Crippen molar-refractivity contribution in [1.82, 2.24) is 14.1 Å². The molecule has 4 nitrogen and oxygen atoms in total. The molecule has 0 radical (unpaired) electrons. The Morgan fingerprint density at radius 3 is 1.88 bits per heavy atom. The number of aromatic nitrogens is 3. The number of nitrogens with zero attached hydrogens (tertiary/aromatic N) is 3. The summed E-state index contributed by atoms with van der Waals surface area (Å²) in [7, 11) is 0. The van der Waals surface area contributed by atoms with Crippen molar-refractivity contribution in [3.8, 4) is 45.0 Å². The van der Waals surface area contributed by atoms with Gasteiger partial charge in [0.15, 0.2) is 0 Å². The summed E-state index contributed by atoms with van der Waals surface area (Å²) in [6, 6.07) is 71.8. The zero-order valence-corrected chi connectivity index (χ0v) is 33.0. The maximum atomic E-state index is 6.53. The van der Waals surface area contributed by atoms with E-state index in [9.17, 15) is 0 Å². The van der Waals surface area contributed by atoms with Gasteiger partial charge >= 0.3 is 0 Å². The minimum atomic E-state index is 0.876. The first-order valence-corrected chi connectivity index (χ1v) is 21.1. The molecule has 0 aliphatic heterocycles. The summed E-state index contributed by atoms with van der Waals surface area (Å²) in [6.45, 7) is 0. The van der Waals surface area contributed by atoms with Gasteiger partial charge in [-0.3, -0.25) is 4.57 Å². The molecule has 13 rings (SSSR count). The molecule has 9 aromatic carbocycles. The fourth-order valence-corrected chi connectivity index (χ4v) is 10.6. The Morgan fingerprint density at radius 1 is 0.383 bits per heavy atom. The van der Waals surface area contributed by atoms with E-state index >= 15 is 0 Å². The molecule has 0 aliphatic rings. The van der Waals surface area contributed by atoms with Crippen LogP contribution in [0, 0.1) is 0 Å². The van der Waals surface area contributed by atoms with E-state index in [0.717, 1.165) is 66.7 Å². The van der Waals surface area contributed by atoms with Gasteiger partial charge in [0, 0.05) is 58.7 Å². The molecule has 60 heavy (non-hydrogen) atoms. The molecule has 0 saturated carbocycles. The number of hydrogen-bond donors (Lipinski definition) is 0. The van der Waals surface area contributed by atoms with Gasteiger partial charge in [0.25, 0.3) is 0 Å². The van der Waals surface area contributed by atoms with Gasteiger partial charge in [-0.15, -0.1) is 11.3 Å². The molecule has 0 amide bonds. The van der Waals surface area contributed by atoms with Crippen LogP contribution in [0.1, 0.15) is 0 Å². The van der Waals surface area contributed by atoms with Crippen molar-refractivity contribution in [1.29, 1.82) is 0 Å². The zero-order valence-electron chi connectivity index (χ0n) is 32.2. The van der Waals surface area contributed by atoms with Crippen LogP contribution in [0.5, 0.6) is 0 Å². The molecule has 5 heteroatoms. The summed E-state index contributed by atoms with van der Waals surface area (Å²) >= 11 is 1.86. The lowest BCUT2D eigenvalue weighted by Gasteiger charge is -2.11. The normalized spacial score (nSPS) is 12.0. The van der Waals surface area contributed by atoms with E-state index in [-0.39, 0.29) is 0 Å². The van der Waals surface area contributed by atoms with Crippen LogP contribution in [0.25, 0.3) is 120 Å².